The number of ether oxygens (including phenoxy) is 2. The molecule has 2 aromatic carbocycles. The summed E-state index contributed by atoms with van der Waals surface area (Å²) < 4.78 is 10.5. The normalized spacial score (nSPS) is 19.6. The molecule has 2 fully saturated rings. The molecular formula is C23H25N3O4S. The zero-order valence-corrected chi connectivity index (χ0v) is 18.6. The molecule has 1 aliphatic carbocycles. The number of methoxy groups -OCH3 is 2. The summed E-state index contributed by atoms with van der Waals surface area (Å²) in [5.74, 6) is 0.837. The highest BCUT2D eigenvalue weighted by Gasteiger charge is 2.46. The Bertz CT molecular complexity index is 1020. The second kappa shape index (κ2) is 9.01. The third-order valence-electron chi connectivity index (χ3n) is 5.18. The minimum Gasteiger partial charge on any atom is -0.493 e. The van der Waals surface area contributed by atoms with Gasteiger partial charge in [0.1, 0.15) is 5.25 Å². The van der Waals surface area contributed by atoms with Gasteiger partial charge in [0.15, 0.2) is 16.7 Å². The van der Waals surface area contributed by atoms with E-state index in [1.807, 2.05) is 31.2 Å². The number of nitrogens with one attached hydrogen (secondary N) is 1. The van der Waals surface area contributed by atoms with E-state index in [1.165, 1.54) is 11.8 Å². The average molecular weight is 440 g/mol. The summed E-state index contributed by atoms with van der Waals surface area (Å²) >= 11 is 1.37. The van der Waals surface area contributed by atoms with E-state index in [4.69, 9.17) is 14.5 Å². The second-order valence-corrected chi connectivity index (χ2v) is 8.77. The van der Waals surface area contributed by atoms with Gasteiger partial charge < -0.3 is 14.8 Å². The Morgan fingerprint density at radius 2 is 1.84 bits per heavy atom. The molecule has 0 aromatic heterocycles. The van der Waals surface area contributed by atoms with Crippen LogP contribution in [-0.2, 0) is 9.59 Å². The summed E-state index contributed by atoms with van der Waals surface area (Å²) in [5.41, 5.74) is 2.55. The first-order valence-corrected chi connectivity index (χ1v) is 11.0. The summed E-state index contributed by atoms with van der Waals surface area (Å²) in [4.78, 5) is 32.2. The maximum Gasteiger partial charge on any atom is 0.242 e. The highest BCUT2D eigenvalue weighted by atomic mass is 32.2. The first-order valence-electron chi connectivity index (χ1n) is 10.2. The number of amides is 2. The Morgan fingerprint density at radius 3 is 2.48 bits per heavy atom. The number of aryl methyl sites for hydroxylation is 1. The monoisotopic (exact) mass is 439 g/mol. The van der Waals surface area contributed by atoms with Gasteiger partial charge in [0.05, 0.1) is 19.9 Å². The van der Waals surface area contributed by atoms with Crippen molar-refractivity contribution >= 4 is 40.1 Å². The Morgan fingerprint density at radius 1 is 1.13 bits per heavy atom. The molecule has 0 unspecified atom stereocenters. The topological polar surface area (TPSA) is 80.2 Å². The van der Waals surface area contributed by atoms with Gasteiger partial charge in [-0.3, -0.25) is 14.5 Å². The van der Waals surface area contributed by atoms with Crippen molar-refractivity contribution in [3.63, 3.8) is 0 Å². The van der Waals surface area contributed by atoms with Crippen LogP contribution < -0.4 is 14.8 Å². The third kappa shape index (κ3) is 4.85. The van der Waals surface area contributed by atoms with Gasteiger partial charge in [-0.1, -0.05) is 29.5 Å². The van der Waals surface area contributed by atoms with Crippen molar-refractivity contribution in [3.8, 4) is 11.5 Å². The molecule has 2 aliphatic rings. The molecular weight excluding hydrogens is 414 g/mol. The fourth-order valence-electron chi connectivity index (χ4n) is 3.39. The number of hydrogen-bond donors (Lipinski definition) is 1. The number of rotatable bonds is 7. The van der Waals surface area contributed by atoms with Crippen LogP contribution >= 0.6 is 11.8 Å². The Labute approximate surface area is 185 Å². The van der Waals surface area contributed by atoms with Gasteiger partial charge in [-0.05, 0) is 44.0 Å². The zero-order valence-electron chi connectivity index (χ0n) is 17.8. The summed E-state index contributed by atoms with van der Waals surface area (Å²) in [5, 5.41) is 3.05. The number of hydrogen-bond acceptors (Lipinski definition) is 6. The lowest BCUT2D eigenvalue weighted by molar-refractivity contribution is -0.128. The van der Waals surface area contributed by atoms with Crippen molar-refractivity contribution < 1.29 is 19.1 Å². The number of carbonyl (C=O) groups excluding carboxylic acids is 2. The highest BCUT2D eigenvalue weighted by Crippen LogP contribution is 2.39. The van der Waals surface area contributed by atoms with E-state index in [9.17, 15) is 9.59 Å². The van der Waals surface area contributed by atoms with Gasteiger partial charge in [-0.2, -0.15) is 0 Å². The van der Waals surface area contributed by atoms with Crippen molar-refractivity contribution in [2.45, 2.75) is 37.5 Å². The molecule has 0 bridgehead atoms. The van der Waals surface area contributed by atoms with Crippen molar-refractivity contribution in [1.29, 1.82) is 0 Å². The number of aliphatic imine (C=N–C) groups is 1. The highest BCUT2D eigenvalue weighted by molar-refractivity contribution is 8.15. The number of carbonyl (C=O) groups is 2. The first-order chi connectivity index (χ1) is 15.0. The molecule has 2 aromatic rings. The van der Waals surface area contributed by atoms with Gasteiger partial charge in [0.2, 0.25) is 11.8 Å². The lowest BCUT2D eigenvalue weighted by Crippen LogP contribution is -2.35. The summed E-state index contributed by atoms with van der Waals surface area (Å²) in [6.07, 6.45) is 2.03. The van der Waals surface area contributed by atoms with E-state index in [1.54, 1.807) is 37.3 Å². The summed E-state index contributed by atoms with van der Waals surface area (Å²) in [6, 6.07) is 13.2. The van der Waals surface area contributed by atoms with Crippen LogP contribution in [0.4, 0.5) is 11.4 Å². The Hall–Kier alpha value is -3.00. The molecule has 7 nitrogen and oxygen atoms in total. The van der Waals surface area contributed by atoms with Gasteiger partial charge in [-0.15, -0.1) is 0 Å². The maximum atomic E-state index is 13.0. The van der Waals surface area contributed by atoms with Crippen LogP contribution in [0.1, 0.15) is 24.8 Å². The van der Waals surface area contributed by atoms with Crippen LogP contribution in [0.2, 0.25) is 0 Å². The second-order valence-electron chi connectivity index (χ2n) is 7.60. The lowest BCUT2D eigenvalue weighted by atomic mass is 10.2. The predicted molar refractivity (Wildman–Crippen MR) is 122 cm³/mol. The van der Waals surface area contributed by atoms with Crippen LogP contribution in [0.3, 0.4) is 0 Å². The molecule has 4 rings (SSSR count). The number of thioether (sulfide) groups is 1. The molecule has 2 amide bonds. The van der Waals surface area contributed by atoms with E-state index in [-0.39, 0.29) is 24.3 Å². The Kier molecular flexibility index (Phi) is 6.18. The molecule has 162 valence electrons. The van der Waals surface area contributed by atoms with E-state index in [0.29, 0.717) is 22.4 Å². The minimum atomic E-state index is -0.482. The standard InChI is InChI=1S/C23H25N3O4S/c1-14-4-6-15(7-5-14)25-23-26(17-9-10-17)22(28)20(31-23)13-21(27)24-16-8-11-18(29-2)19(12-16)30-3/h4-8,11-12,17,20H,9-10,13H2,1-3H3,(H,24,27)/t20-/m1/s1. The molecule has 0 radical (unpaired) electrons. The molecule has 31 heavy (non-hydrogen) atoms. The third-order valence-corrected chi connectivity index (χ3v) is 6.33. The van der Waals surface area contributed by atoms with Crippen LogP contribution in [0.15, 0.2) is 47.5 Å². The van der Waals surface area contributed by atoms with E-state index in [0.717, 1.165) is 24.1 Å². The van der Waals surface area contributed by atoms with Crippen LogP contribution in [0, 0.1) is 6.92 Å². The molecule has 1 heterocycles. The van der Waals surface area contributed by atoms with Gasteiger partial charge in [0.25, 0.3) is 0 Å². The van der Waals surface area contributed by atoms with Crippen molar-refractivity contribution in [3.05, 3.63) is 48.0 Å². The van der Waals surface area contributed by atoms with Gasteiger partial charge in [0, 0.05) is 24.2 Å². The molecule has 8 heteroatoms. The lowest BCUT2D eigenvalue weighted by Gasteiger charge is -2.15. The number of nitrogens with zero attached hydrogens (tertiary/aromatic N) is 2. The number of benzene rings is 2. The van der Waals surface area contributed by atoms with Gasteiger partial charge in [-0.25, -0.2) is 4.99 Å². The number of amidine groups is 1. The molecule has 1 saturated carbocycles. The largest absolute Gasteiger partial charge is 0.493 e. The van der Waals surface area contributed by atoms with E-state index in [2.05, 4.69) is 5.32 Å². The zero-order chi connectivity index (χ0) is 22.0. The first kappa shape index (κ1) is 21.2. The molecule has 0 spiro atoms. The summed E-state index contributed by atoms with van der Waals surface area (Å²) in [7, 11) is 3.10. The van der Waals surface area contributed by atoms with Gasteiger partial charge >= 0.3 is 0 Å². The van der Waals surface area contributed by atoms with E-state index >= 15 is 0 Å². The Balaban J connectivity index is 1.46. The predicted octanol–water partition coefficient (Wildman–Crippen LogP) is 4.13. The fourth-order valence-corrected chi connectivity index (χ4v) is 4.60. The maximum absolute atomic E-state index is 13.0. The molecule has 1 aliphatic heterocycles. The van der Waals surface area contributed by atoms with E-state index < -0.39 is 5.25 Å². The van der Waals surface area contributed by atoms with Crippen molar-refractivity contribution in [1.82, 2.24) is 4.90 Å². The minimum absolute atomic E-state index is 0.0409. The number of anilines is 1. The molecule has 1 atom stereocenters. The smallest absolute Gasteiger partial charge is 0.242 e. The molecule has 1 N–H and O–H groups in total. The van der Waals surface area contributed by atoms with Crippen molar-refractivity contribution in [2.24, 2.45) is 4.99 Å². The quantitative estimate of drug-likeness (QED) is 0.702. The average Bonchev–Trinajstić information content (AvgIpc) is 3.55. The van der Waals surface area contributed by atoms with Crippen LogP contribution in [0.25, 0.3) is 0 Å². The van der Waals surface area contributed by atoms with Crippen LogP contribution in [0.5, 0.6) is 11.5 Å². The van der Waals surface area contributed by atoms with Crippen molar-refractivity contribution in [2.75, 3.05) is 19.5 Å². The summed E-state index contributed by atoms with van der Waals surface area (Å²) in [6.45, 7) is 2.02. The van der Waals surface area contributed by atoms with Crippen LogP contribution in [-0.4, -0.2) is 47.4 Å². The SMILES string of the molecule is COc1ccc(NC(=O)C[C@H]2SC(=Nc3ccc(C)cc3)N(C3CC3)C2=O)cc1OC. The fraction of sp³-hybridized carbons (Fsp3) is 0.348. The molecule has 1 saturated heterocycles.